The smallest absolute Gasteiger partial charge is 0.274 e. The maximum absolute atomic E-state index is 14.5. The van der Waals surface area contributed by atoms with E-state index in [1.54, 1.807) is 18.5 Å². The molecule has 4 atom stereocenters. The van der Waals surface area contributed by atoms with E-state index in [0.29, 0.717) is 18.0 Å². The van der Waals surface area contributed by atoms with Crippen LogP contribution in [0.5, 0.6) is 0 Å². The van der Waals surface area contributed by atoms with E-state index in [1.165, 1.54) is 12.1 Å². The Morgan fingerprint density at radius 3 is 2.75 bits per heavy atom. The SMILES string of the molecule is CC1C=CC(F)=C(c2nc(C(=O)Nc3cnccc3[C@@H]3C[C@H](C)C[C@H](N)C3)ccc2F)C1. The number of nitrogens with zero attached hydrogens (tertiary/aromatic N) is 2. The van der Waals surface area contributed by atoms with Crippen molar-refractivity contribution in [3.63, 3.8) is 0 Å². The predicted octanol–water partition coefficient (Wildman–Crippen LogP) is 5.38. The van der Waals surface area contributed by atoms with Gasteiger partial charge in [0.1, 0.15) is 23.0 Å². The number of allylic oxidation sites excluding steroid dienone is 4. The first-order chi connectivity index (χ1) is 15.3. The van der Waals surface area contributed by atoms with Crippen molar-refractivity contribution in [1.29, 1.82) is 0 Å². The van der Waals surface area contributed by atoms with Gasteiger partial charge in [0.25, 0.3) is 5.91 Å². The maximum atomic E-state index is 14.5. The van der Waals surface area contributed by atoms with E-state index < -0.39 is 17.6 Å². The quantitative estimate of drug-likeness (QED) is 0.672. The summed E-state index contributed by atoms with van der Waals surface area (Å²) in [5.41, 5.74) is 7.89. The molecular weight excluding hydrogens is 410 g/mol. The van der Waals surface area contributed by atoms with E-state index in [1.807, 2.05) is 13.0 Å². The summed E-state index contributed by atoms with van der Waals surface area (Å²) in [6.45, 7) is 4.10. The van der Waals surface area contributed by atoms with Gasteiger partial charge in [-0.2, -0.15) is 0 Å². The normalized spacial score (nSPS) is 25.7. The Morgan fingerprint density at radius 2 is 1.97 bits per heavy atom. The molecule has 3 N–H and O–H groups in total. The van der Waals surface area contributed by atoms with Crippen LogP contribution in [0.15, 0.2) is 48.6 Å². The van der Waals surface area contributed by atoms with Gasteiger partial charge in [0.2, 0.25) is 0 Å². The van der Waals surface area contributed by atoms with Crippen molar-refractivity contribution >= 4 is 17.2 Å². The summed E-state index contributed by atoms with van der Waals surface area (Å²) in [7, 11) is 0. The summed E-state index contributed by atoms with van der Waals surface area (Å²) in [6.07, 6.45) is 9.52. The molecule has 0 aromatic carbocycles. The zero-order valence-corrected chi connectivity index (χ0v) is 18.3. The van der Waals surface area contributed by atoms with Crippen LogP contribution in [-0.2, 0) is 0 Å². The molecule has 2 aromatic rings. The van der Waals surface area contributed by atoms with Gasteiger partial charge in [-0.05, 0) is 73.3 Å². The fraction of sp³-hybridized carbons (Fsp3) is 0.400. The molecule has 0 radical (unpaired) electrons. The van der Waals surface area contributed by atoms with Gasteiger partial charge in [0.15, 0.2) is 0 Å². The Bertz CT molecular complexity index is 1070. The van der Waals surface area contributed by atoms with Crippen LogP contribution in [-0.4, -0.2) is 21.9 Å². The van der Waals surface area contributed by atoms with Crippen LogP contribution in [0.2, 0.25) is 0 Å². The Balaban J connectivity index is 1.60. The van der Waals surface area contributed by atoms with E-state index in [2.05, 4.69) is 22.2 Å². The molecule has 5 nitrogen and oxygen atoms in total. The molecule has 32 heavy (non-hydrogen) atoms. The molecule has 1 unspecified atom stereocenters. The highest BCUT2D eigenvalue weighted by Crippen LogP contribution is 2.38. The summed E-state index contributed by atoms with van der Waals surface area (Å²) in [5.74, 6) is -0.888. The number of anilines is 1. The number of carbonyl (C=O) groups excluding carboxylic acids is 1. The molecule has 168 valence electrons. The van der Waals surface area contributed by atoms with Crippen molar-refractivity contribution in [2.75, 3.05) is 5.32 Å². The first kappa shape index (κ1) is 22.3. The third kappa shape index (κ3) is 4.78. The minimum absolute atomic E-state index is 0.0208. The number of aromatic nitrogens is 2. The van der Waals surface area contributed by atoms with Crippen molar-refractivity contribution < 1.29 is 13.6 Å². The van der Waals surface area contributed by atoms with Crippen molar-refractivity contribution in [2.24, 2.45) is 17.6 Å². The van der Waals surface area contributed by atoms with E-state index in [9.17, 15) is 13.6 Å². The number of carbonyl (C=O) groups is 1. The fourth-order valence-corrected chi connectivity index (χ4v) is 4.79. The molecule has 2 aliphatic carbocycles. The van der Waals surface area contributed by atoms with Crippen LogP contribution in [0.1, 0.15) is 67.2 Å². The average molecular weight is 439 g/mol. The van der Waals surface area contributed by atoms with Crippen LogP contribution in [0.4, 0.5) is 14.5 Å². The monoisotopic (exact) mass is 438 g/mol. The summed E-state index contributed by atoms with van der Waals surface area (Å²) < 4.78 is 28.8. The molecule has 2 aliphatic rings. The van der Waals surface area contributed by atoms with E-state index in [4.69, 9.17) is 5.73 Å². The Morgan fingerprint density at radius 1 is 1.16 bits per heavy atom. The van der Waals surface area contributed by atoms with Crippen LogP contribution in [0.25, 0.3) is 5.57 Å². The van der Waals surface area contributed by atoms with Crippen molar-refractivity contribution in [3.05, 3.63) is 71.3 Å². The molecule has 7 heteroatoms. The molecular formula is C25H28F2N4O. The van der Waals surface area contributed by atoms with Crippen LogP contribution >= 0.6 is 0 Å². The number of amides is 1. The number of hydrogen-bond acceptors (Lipinski definition) is 4. The third-order valence-electron chi connectivity index (χ3n) is 6.27. The lowest BCUT2D eigenvalue weighted by Crippen LogP contribution is -2.31. The van der Waals surface area contributed by atoms with Gasteiger partial charge in [-0.1, -0.05) is 19.9 Å². The highest BCUT2D eigenvalue weighted by atomic mass is 19.1. The Labute approximate surface area is 186 Å². The lowest BCUT2D eigenvalue weighted by molar-refractivity contribution is 0.102. The van der Waals surface area contributed by atoms with Gasteiger partial charge < -0.3 is 11.1 Å². The van der Waals surface area contributed by atoms with Gasteiger partial charge in [-0.25, -0.2) is 13.8 Å². The Kier molecular flexibility index (Phi) is 6.46. The summed E-state index contributed by atoms with van der Waals surface area (Å²) in [5, 5.41) is 2.87. The molecule has 2 aromatic heterocycles. The van der Waals surface area contributed by atoms with Gasteiger partial charge in [0, 0.05) is 17.8 Å². The topological polar surface area (TPSA) is 80.9 Å². The van der Waals surface area contributed by atoms with Crippen LogP contribution < -0.4 is 11.1 Å². The number of nitrogens with two attached hydrogens (primary N) is 1. The lowest BCUT2D eigenvalue weighted by atomic mass is 9.76. The predicted molar refractivity (Wildman–Crippen MR) is 121 cm³/mol. The largest absolute Gasteiger partial charge is 0.328 e. The van der Waals surface area contributed by atoms with Crippen molar-refractivity contribution in [1.82, 2.24) is 9.97 Å². The number of halogens is 2. The minimum Gasteiger partial charge on any atom is -0.328 e. The van der Waals surface area contributed by atoms with Gasteiger partial charge >= 0.3 is 0 Å². The highest BCUT2D eigenvalue weighted by Gasteiger charge is 2.28. The third-order valence-corrected chi connectivity index (χ3v) is 6.27. The maximum Gasteiger partial charge on any atom is 0.274 e. The molecule has 0 aliphatic heterocycles. The zero-order chi connectivity index (χ0) is 22.8. The Hall–Kier alpha value is -2.93. The minimum atomic E-state index is -0.651. The van der Waals surface area contributed by atoms with E-state index in [0.717, 1.165) is 30.9 Å². The van der Waals surface area contributed by atoms with E-state index in [-0.39, 0.29) is 34.8 Å². The number of nitrogens with one attached hydrogen (secondary N) is 1. The molecule has 1 amide bonds. The highest BCUT2D eigenvalue weighted by molar-refractivity contribution is 6.03. The van der Waals surface area contributed by atoms with Gasteiger partial charge in [0.05, 0.1) is 11.9 Å². The molecule has 0 saturated heterocycles. The van der Waals surface area contributed by atoms with Gasteiger partial charge in [-0.15, -0.1) is 0 Å². The fourth-order valence-electron chi connectivity index (χ4n) is 4.79. The summed E-state index contributed by atoms with van der Waals surface area (Å²) in [6, 6.07) is 4.50. The first-order valence-corrected chi connectivity index (χ1v) is 11.1. The second-order valence-electron chi connectivity index (χ2n) is 9.08. The number of pyridine rings is 2. The molecule has 1 saturated carbocycles. The molecule has 0 spiro atoms. The summed E-state index contributed by atoms with van der Waals surface area (Å²) in [4.78, 5) is 21.3. The molecule has 4 rings (SSSR count). The lowest BCUT2D eigenvalue weighted by Gasteiger charge is -2.32. The second kappa shape index (κ2) is 9.28. The van der Waals surface area contributed by atoms with Crippen molar-refractivity contribution in [3.8, 4) is 0 Å². The van der Waals surface area contributed by atoms with E-state index >= 15 is 0 Å². The van der Waals surface area contributed by atoms with Crippen LogP contribution in [0.3, 0.4) is 0 Å². The van der Waals surface area contributed by atoms with Crippen LogP contribution in [0, 0.1) is 17.7 Å². The second-order valence-corrected chi connectivity index (χ2v) is 9.08. The number of hydrogen-bond donors (Lipinski definition) is 2. The zero-order valence-electron chi connectivity index (χ0n) is 18.3. The number of rotatable bonds is 4. The molecule has 1 fully saturated rings. The molecule has 0 bridgehead atoms. The molecule has 2 heterocycles. The van der Waals surface area contributed by atoms with Gasteiger partial charge in [-0.3, -0.25) is 9.78 Å². The first-order valence-electron chi connectivity index (χ1n) is 11.1. The summed E-state index contributed by atoms with van der Waals surface area (Å²) >= 11 is 0. The average Bonchev–Trinajstić information content (AvgIpc) is 2.75. The standard InChI is InChI=1S/C25H28F2N4O/c1-14-3-4-20(26)19(11-14)24-21(27)5-6-22(30-24)25(32)31-23-13-29-8-7-18(23)16-9-15(2)10-17(28)12-16/h3-8,13-17H,9-12,28H2,1-2H3,(H,31,32)/t14?,15-,16+,17-/m0/s1. The van der Waals surface area contributed by atoms with Crippen molar-refractivity contribution in [2.45, 2.75) is 51.5 Å².